The second kappa shape index (κ2) is 7.72. The summed E-state index contributed by atoms with van der Waals surface area (Å²) in [6, 6.07) is 1.88. The fourth-order valence-electron chi connectivity index (χ4n) is 2.54. The number of rotatable bonds is 6. The van der Waals surface area contributed by atoms with Gasteiger partial charge in [0.1, 0.15) is 0 Å². The van der Waals surface area contributed by atoms with Crippen molar-refractivity contribution in [3.63, 3.8) is 0 Å². The van der Waals surface area contributed by atoms with Crippen molar-refractivity contribution >= 4 is 22.9 Å². The Morgan fingerprint density at radius 1 is 1.57 bits per heavy atom. The molecule has 0 aliphatic carbocycles. The Kier molecular flexibility index (Phi) is 5.43. The van der Waals surface area contributed by atoms with Gasteiger partial charge in [-0.25, -0.2) is 0 Å². The van der Waals surface area contributed by atoms with Crippen LogP contribution in [0.1, 0.15) is 35.3 Å². The molecule has 2 aromatic heterocycles. The number of nitrogens with zero attached hydrogens (tertiary/aromatic N) is 2. The number of carbonyl (C=O) groups excluding carboxylic acids is 1. The maximum atomic E-state index is 12.3. The van der Waals surface area contributed by atoms with Gasteiger partial charge in [-0.1, -0.05) is 0 Å². The SMILES string of the molecule is Cc1c(C(=O)Nc2ccsc2)cnn1CCO[C@@H]1CCCCO1. The molecule has 3 heterocycles. The van der Waals surface area contributed by atoms with Crippen LogP contribution in [0.15, 0.2) is 23.0 Å². The first kappa shape index (κ1) is 16.2. The highest BCUT2D eigenvalue weighted by molar-refractivity contribution is 7.08. The van der Waals surface area contributed by atoms with Crippen molar-refractivity contribution in [2.75, 3.05) is 18.5 Å². The summed E-state index contributed by atoms with van der Waals surface area (Å²) in [5, 5.41) is 11.0. The van der Waals surface area contributed by atoms with Crippen LogP contribution in [0, 0.1) is 6.92 Å². The lowest BCUT2D eigenvalue weighted by molar-refractivity contribution is -0.163. The molecule has 0 bridgehead atoms. The summed E-state index contributed by atoms with van der Waals surface area (Å²) in [5.74, 6) is -0.135. The van der Waals surface area contributed by atoms with Crippen LogP contribution in [0.25, 0.3) is 0 Å². The summed E-state index contributed by atoms with van der Waals surface area (Å²) in [4.78, 5) is 12.3. The van der Waals surface area contributed by atoms with E-state index in [4.69, 9.17) is 9.47 Å². The van der Waals surface area contributed by atoms with E-state index in [1.807, 2.05) is 23.8 Å². The lowest BCUT2D eigenvalue weighted by Gasteiger charge is -2.22. The minimum absolute atomic E-state index is 0.0963. The zero-order valence-electron chi connectivity index (χ0n) is 13.2. The largest absolute Gasteiger partial charge is 0.353 e. The number of aromatic nitrogens is 2. The minimum Gasteiger partial charge on any atom is -0.353 e. The maximum Gasteiger partial charge on any atom is 0.259 e. The fraction of sp³-hybridized carbons (Fsp3) is 0.500. The van der Waals surface area contributed by atoms with Gasteiger partial charge in [0, 0.05) is 17.7 Å². The van der Waals surface area contributed by atoms with Crippen molar-refractivity contribution in [3.8, 4) is 0 Å². The van der Waals surface area contributed by atoms with Crippen LogP contribution in [0.3, 0.4) is 0 Å². The Bertz CT molecular complexity index is 633. The van der Waals surface area contributed by atoms with E-state index >= 15 is 0 Å². The van der Waals surface area contributed by atoms with Crippen molar-refractivity contribution in [2.45, 2.75) is 39.0 Å². The highest BCUT2D eigenvalue weighted by Gasteiger charge is 2.16. The molecule has 6 nitrogen and oxygen atoms in total. The van der Waals surface area contributed by atoms with Crippen LogP contribution in [0.5, 0.6) is 0 Å². The number of hydrogen-bond acceptors (Lipinski definition) is 5. The van der Waals surface area contributed by atoms with Crippen LogP contribution < -0.4 is 5.32 Å². The Labute approximate surface area is 139 Å². The Morgan fingerprint density at radius 2 is 2.48 bits per heavy atom. The molecule has 0 aromatic carbocycles. The molecule has 0 unspecified atom stereocenters. The molecule has 2 aromatic rings. The number of amides is 1. The topological polar surface area (TPSA) is 65.4 Å². The van der Waals surface area contributed by atoms with Crippen molar-refractivity contribution in [1.29, 1.82) is 0 Å². The monoisotopic (exact) mass is 335 g/mol. The zero-order valence-corrected chi connectivity index (χ0v) is 14.0. The molecule has 3 rings (SSSR count). The van der Waals surface area contributed by atoms with E-state index in [1.54, 1.807) is 22.2 Å². The molecule has 1 atom stereocenters. The molecular weight excluding hydrogens is 314 g/mol. The van der Waals surface area contributed by atoms with Gasteiger partial charge >= 0.3 is 0 Å². The van der Waals surface area contributed by atoms with Gasteiger partial charge < -0.3 is 14.8 Å². The lowest BCUT2D eigenvalue weighted by atomic mass is 10.2. The van der Waals surface area contributed by atoms with E-state index in [0.29, 0.717) is 18.7 Å². The number of nitrogens with one attached hydrogen (secondary N) is 1. The minimum atomic E-state index is -0.135. The average Bonchev–Trinajstić information content (AvgIpc) is 3.19. The zero-order chi connectivity index (χ0) is 16.1. The first-order valence-electron chi connectivity index (χ1n) is 7.83. The second-order valence-electron chi connectivity index (χ2n) is 5.50. The van der Waals surface area contributed by atoms with Gasteiger partial charge in [0.2, 0.25) is 0 Å². The number of anilines is 1. The predicted molar refractivity (Wildman–Crippen MR) is 88.8 cm³/mol. The molecule has 1 aliphatic rings. The third-order valence-corrected chi connectivity index (χ3v) is 4.55. The van der Waals surface area contributed by atoms with Gasteiger partial charge in [-0.2, -0.15) is 16.4 Å². The lowest BCUT2D eigenvalue weighted by Crippen LogP contribution is -2.24. The van der Waals surface area contributed by atoms with Gasteiger partial charge in [-0.3, -0.25) is 9.48 Å². The van der Waals surface area contributed by atoms with E-state index in [9.17, 15) is 4.79 Å². The Morgan fingerprint density at radius 3 is 3.22 bits per heavy atom. The van der Waals surface area contributed by atoms with Crippen molar-refractivity contribution in [1.82, 2.24) is 9.78 Å². The summed E-state index contributed by atoms with van der Waals surface area (Å²) in [5.41, 5.74) is 2.24. The van der Waals surface area contributed by atoms with E-state index in [0.717, 1.165) is 37.3 Å². The van der Waals surface area contributed by atoms with Crippen LogP contribution >= 0.6 is 11.3 Å². The smallest absolute Gasteiger partial charge is 0.259 e. The standard InChI is InChI=1S/C16H21N3O3S/c1-12-14(16(20)18-13-5-9-23-11-13)10-17-19(12)6-8-22-15-4-2-3-7-21-15/h5,9-11,15H,2-4,6-8H2,1H3,(H,18,20)/t15-/m1/s1. The Balaban J connectivity index is 1.52. The van der Waals surface area contributed by atoms with Crippen LogP contribution in [-0.2, 0) is 16.0 Å². The molecule has 1 amide bonds. The van der Waals surface area contributed by atoms with Gasteiger partial charge in [0.05, 0.1) is 30.6 Å². The van der Waals surface area contributed by atoms with Crippen molar-refractivity contribution in [3.05, 3.63) is 34.3 Å². The van der Waals surface area contributed by atoms with E-state index < -0.39 is 0 Å². The van der Waals surface area contributed by atoms with Crippen LogP contribution in [0.2, 0.25) is 0 Å². The van der Waals surface area contributed by atoms with Gasteiger partial charge in [-0.05, 0) is 37.6 Å². The van der Waals surface area contributed by atoms with E-state index in [1.165, 1.54) is 0 Å². The van der Waals surface area contributed by atoms with E-state index in [2.05, 4.69) is 10.4 Å². The quantitative estimate of drug-likeness (QED) is 0.881. The number of ether oxygens (including phenoxy) is 2. The first-order chi connectivity index (χ1) is 11.2. The molecule has 7 heteroatoms. The third kappa shape index (κ3) is 4.19. The summed E-state index contributed by atoms with van der Waals surface area (Å²) >= 11 is 1.55. The summed E-state index contributed by atoms with van der Waals surface area (Å²) in [6.45, 7) is 3.81. The molecule has 1 N–H and O–H groups in total. The summed E-state index contributed by atoms with van der Waals surface area (Å²) in [6.07, 6.45) is 4.72. The van der Waals surface area contributed by atoms with Crippen molar-refractivity contribution in [2.24, 2.45) is 0 Å². The normalized spacial score (nSPS) is 18.0. The highest BCUT2D eigenvalue weighted by atomic mass is 32.1. The average molecular weight is 335 g/mol. The van der Waals surface area contributed by atoms with Crippen molar-refractivity contribution < 1.29 is 14.3 Å². The molecule has 1 saturated heterocycles. The molecule has 23 heavy (non-hydrogen) atoms. The molecule has 0 saturated carbocycles. The molecule has 0 radical (unpaired) electrons. The van der Waals surface area contributed by atoms with Gasteiger partial charge in [0.15, 0.2) is 6.29 Å². The second-order valence-corrected chi connectivity index (χ2v) is 6.28. The molecule has 124 valence electrons. The first-order valence-corrected chi connectivity index (χ1v) is 8.77. The fourth-order valence-corrected chi connectivity index (χ4v) is 3.13. The van der Waals surface area contributed by atoms with E-state index in [-0.39, 0.29) is 12.2 Å². The number of thiophene rings is 1. The molecular formula is C16H21N3O3S. The Hall–Kier alpha value is -1.70. The molecule has 1 aliphatic heterocycles. The van der Waals surface area contributed by atoms with Gasteiger partial charge in [-0.15, -0.1) is 0 Å². The summed E-state index contributed by atoms with van der Waals surface area (Å²) in [7, 11) is 0. The maximum absolute atomic E-state index is 12.3. The summed E-state index contributed by atoms with van der Waals surface area (Å²) < 4.78 is 13.0. The highest BCUT2D eigenvalue weighted by Crippen LogP contribution is 2.16. The predicted octanol–water partition coefficient (Wildman–Crippen LogP) is 3.05. The molecule has 0 spiro atoms. The third-order valence-electron chi connectivity index (χ3n) is 3.87. The van der Waals surface area contributed by atoms with Crippen LogP contribution in [-0.4, -0.2) is 35.2 Å². The van der Waals surface area contributed by atoms with Crippen LogP contribution in [0.4, 0.5) is 5.69 Å². The molecule has 1 fully saturated rings. The van der Waals surface area contributed by atoms with Gasteiger partial charge in [0.25, 0.3) is 5.91 Å². The number of carbonyl (C=O) groups is 1. The number of hydrogen-bond donors (Lipinski definition) is 1.